The molecule has 0 aliphatic heterocycles. The third kappa shape index (κ3) is 3.13. The lowest BCUT2D eigenvalue weighted by Gasteiger charge is -2.39. The molecule has 3 nitrogen and oxygen atoms in total. The summed E-state index contributed by atoms with van der Waals surface area (Å²) in [5.74, 6) is -0.137. The summed E-state index contributed by atoms with van der Waals surface area (Å²) >= 11 is 0. The molecule has 0 saturated carbocycles. The van der Waals surface area contributed by atoms with Crippen molar-refractivity contribution in [2.75, 3.05) is 7.05 Å². The fraction of sp³-hybridized carbons (Fsp3) is 0.818. The maximum Gasteiger partial charge on any atom is 0.219 e. The van der Waals surface area contributed by atoms with Gasteiger partial charge in [0.1, 0.15) is 6.29 Å². The second-order valence-corrected chi connectivity index (χ2v) is 4.94. The van der Waals surface area contributed by atoms with Crippen LogP contribution in [0.4, 0.5) is 0 Å². The Hall–Kier alpha value is -0.860. The summed E-state index contributed by atoms with van der Waals surface area (Å²) < 4.78 is 0. The second-order valence-electron chi connectivity index (χ2n) is 4.94. The average Bonchev–Trinajstić information content (AvgIpc) is 2.01. The Bertz CT molecular complexity index is 218. The van der Waals surface area contributed by atoms with E-state index < -0.39 is 0 Å². The lowest BCUT2D eigenvalue weighted by molar-refractivity contribution is -0.134. The molecule has 14 heavy (non-hydrogen) atoms. The van der Waals surface area contributed by atoms with Crippen LogP contribution in [0.15, 0.2) is 0 Å². The highest BCUT2D eigenvalue weighted by molar-refractivity contribution is 5.74. The zero-order valence-electron chi connectivity index (χ0n) is 10.00. The molecule has 0 spiro atoms. The molecule has 3 heteroatoms. The van der Waals surface area contributed by atoms with Gasteiger partial charge >= 0.3 is 0 Å². The van der Waals surface area contributed by atoms with Crippen LogP contribution in [0.5, 0.6) is 0 Å². The Morgan fingerprint density at radius 2 is 1.79 bits per heavy atom. The molecule has 0 bridgehead atoms. The van der Waals surface area contributed by atoms with Crippen LogP contribution in [0.1, 0.15) is 34.6 Å². The first-order chi connectivity index (χ1) is 6.21. The minimum atomic E-state index is -0.135. The van der Waals surface area contributed by atoms with Gasteiger partial charge in [0.25, 0.3) is 0 Å². The van der Waals surface area contributed by atoms with Crippen molar-refractivity contribution in [3.05, 3.63) is 0 Å². The van der Waals surface area contributed by atoms with Crippen molar-refractivity contribution in [2.45, 2.75) is 40.7 Å². The zero-order valence-corrected chi connectivity index (χ0v) is 10.00. The molecule has 0 radical (unpaired) electrons. The normalized spacial score (nSPS) is 15.9. The number of carbonyl (C=O) groups excluding carboxylic acids is 2. The van der Waals surface area contributed by atoms with Crippen LogP contribution in [0, 0.1) is 11.3 Å². The quantitative estimate of drug-likeness (QED) is 0.649. The van der Waals surface area contributed by atoms with Crippen LogP contribution in [-0.4, -0.2) is 30.2 Å². The number of aldehydes is 1. The molecule has 0 rings (SSSR count). The molecule has 0 unspecified atom stereocenters. The van der Waals surface area contributed by atoms with Crippen molar-refractivity contribution in [1.29, 1.82) is 0 Å². The number of hydrogen-bond donors (Lipinski definition) is 0. The van der Waals surface area contributed by atoms with E-state index in [4.69, 9.17) is 0 Å². The van der Waals surface area contributed by atoms with E-state index >= 15 is 0 Å². The topological polar surface area (TPSA) is 37.4 Å². The van der Waals surface area contributed by atoms with Gasteiger partial charge in [-0.3, -0.25) is 4.79 Å². The van der Waals surface area contributed by atoms with Gasteiger partial charge < -0.3 is 9.69 Å². The molecular weight excluding hydrogens is 178 g/mol. The van der Waals surface area contributed by atoms with Gasteiger partial charge in [-0.05, 0) is 5.41 Å². The van der Waals surface area contributed by atoms with Crippen LogP contribution in [0.3, 0.4) is 0 Å². The van der Waals surface area contributed by atoms with Crippen LogP contribution in [0.2, 0.25) is 0 Å². The fourth-order valence-corrected chi connectivity index (χ4v) is 1.99. The van der Waals surface area contributed by atoms with E-state index in [0.29, 0.717) is 0 Å². The monoisotopic (exact) mass is 199 g/mol. The average molecular weight is 199 g/mol. The number of amides is 1. The molecule has 0 aliphatic carbocycles. The van der Waals surface area contributed by atoms with Crippen molar-refractivity contribution in [3.63, 3.8) is 0 Å². The molecule has 2 atom stereocenters. The van der Waals surface area contributed by atoms with Gasteiger partial charge in [-0.25, -0.2) is 0 Å². The Morgan fingerprint density at radius 3 is 2.00 bits per heavy atom. The smallest absolute Gasteiger partial charge is 0.219 e. The highest BCUT2D eigenvalue weighted by Gasteiger charge is 2.34. The van der Waals surface area contributed by atoms with Crippen molar-refractivity contribution < 1.29 is 9.59 Å². The molecule has 0 aromatic carbocycles. The van der Waals surface area contributed by atoms with Crippen LogP contribution >= 0.6 is 0 Å². The van der Waals surface area contributed by atoms with Crippen LogP contribution < -0.4 is 0 Å². The number of rotatable bonds is 3. The predicted molar refractivity (Wildman–Crippen MR) is 56.9 cm³/mol. The van der Waals surface area contributed by atoms with E-state index in [0.717, 1.165) is 6.29 Å². The van der Waals surface area contributed by atoms with Crippen molar-refractivity contribution in [3.8, 4) is 0 Å². The highest BCUT2D eigenvalue weighted by atomic mass is 16.2. The molecule has 0 aliphatic rings. The van der Waals surface area contributed by atoms with Crippen molar-refractivity contribution >= 4 is 12.2 Å². The Labute approximate surface area is 86.5 Å². The Morgan fingerprint density at radius 1 is 1.36 bits per heavy atom. The largest absolute Gasteiger partial charge is 0.342 e. The molecular formula is C11H21NO2. The first-order valence-corrected chi connectivity index (χ1v) is 4.90. The standard InChI is InChI=1S/C11H21NO2/c1-8(7-13)10(11(3,4)5)12(6)9(2)14/h7-8,10H,1-6H3/t8-,10+/m1/s1. The zero-order chi connectivity index (χ0) is 11.5. The third-order valence-electron chi connectivity index (χ3n) is 2.51. The molecule has 1 amide bonds. The van der Waals surface area contributed by atoms with Gasteiger partial charge in [-0.2, -0.15) is 0 Å². The van der Waals surface area contributed by atoms with Gasteiger partial charge in [0.15, 0.2) is 0 Å². The second kappa shape index (κ2) is 4.58. The minimum Gasteiger partial charge on any atom is -0.342 e. The van der Waals surface area contributed by atoms with E-state index in [1.54, 1.807) is 11.9 Å². The van der Waals surface area contributed by atoms with Gasteiger partial charge in [0, 0.05) is 25.9 Å². The summed E-state index contributed by atoms with van der Waals surface area (Å²) in [4.78, 5) is 23.7. The first kappa shape index (κ1) is 13.1. The van der Waals surface area contributed by atoms with E-state index in [1.807, 2.05) is 27.7 Å². The molecule has 0 aromatic rings. The number of nitrogens with zero attached hydrogens (tertiary/aromatic N) is 1. The lowest BCUT2D eigenvalue weighted by Crippen LogP contribution is -2.48. The Kier molecular flexibility index (Phi) is 4.30. The summed E-state index contributed by atoms with van der Waals surface area (Å²) in [5, 5.41) is 0. The Balaban J connectivity index is 4.91. The van der Waals surface area contributed by atoms with Gasteiger partial charge in [-0.15, -0.1) is 0 Å². The fourth-order valence-electron chi connectivity index (χ4n) is 1.99. The summed E-state index contributed by atoms with van der Waals surface area (Å²) in [7, 11) is 1.75. The minimum absolute atomic E-state index is 0.00127. The summed E-state index contributed by atoms with van der Waals surface area (Å²) in [6.45, 7) is 9.49. The van der Waals surface area contributed by atoms with Gasteiger partial charge in [0.05, 0.1) is 0 Å². The third-order valence-corrected chi connectivity index (χ3v) is 2.51. The van der Waals surface area contributed by atoms with Gasteiger partial charge in [0.2, 0.25) is 5.91 Å². The SMILES string of the molecule is CC(=O)N(C)[C@@H]([C@H](C)C=O)C(C)(C)C. The maximum atomic E-state index is 11.3. The van der Waals surface area contributed by atoms with Crippen LogP contribution in [-0.2, 0) is 9.59 Å². The molecule has 0 aromatic heterocycles. The summed E-state index contributed by atoms with van der Waals surface area (Å²) in [5.41, 5.74) is -0.0826. The van der Waals surface area contributed by atoms with E-state index in [-0.39, 0.29) is 23.3 Å². The molecule has 0 saturated heterocycles. The highest BCUT2D eigenvalue weighted by Crippen LogP contribution is 2.28. The molecule has 82 valence electrons. The van der Waals surface area contributed by atoms with Crippen LogP contribution in [0.25, 0.3) is 0 Å². The number of carbonyl (C=O) groups is 2. The molecule has 0 fully saturated rings. The summed E-state index contributed by atoms with van der Waals surface area (Å²) in [6.07, 6.45) is 0.912. The first-order valence-electron chi connectivity index (χ1n) is 4.90. The summed E-state index contributed by atoms with van der Waals surface area (Å²) in [6, 6.07) is -0.0440. The number of hydrogen-bond acceptors (Lipinski definition) is 2. The van der Waals surface area contributed by atoms with E-state index in [2.05, 4.69) is 0 Å². The maximum absolute atomic E-state index is 11.3. The molecule has 0 heterocycles. The van der Waals surface area contributed by atoms with E-state index in [1.165, 1.54) is 6.92 Å². The van der Waals surface area contributed by atoms with Gasteiger partial charge in [-0.1, -0.05) is 27.7 Å². The lowest BCUT2D eigenvalue weighted by atomic mass is 9.79. The van der Waals surface area contributed by atoms with E-state index in [9.17, 15) is 9.59 Å². The predicted octanol–water partition coefficient (Wildman–Crippen LogP) is 1.71. The van der Waals surface area contributed by atoms with Crippen molar-refractivity contribution in [2.24, 2.45) is 11.3 Å². The van der Waals surface area contributed by atoms with Crippen molar-refractivity contribution in [1.82, 2.24) is 4.90 Å². The molecule has 0 N–H and O–H groups in total.